The van der Waals surface area contributed by atoms with Crippen LogP contribution in [-0.4, -0.2) is 9.78 Å². The van der Waals surface area contributed by atoms with E-state index in [1.54, 1.807) is 18.2 Å². The normalized spacial score (nSPS) is 10.9. The number of hydrogen-bond acceptors (Lipinski definition) is 1. The first-order chi connectivity index (χ1) is 10.6. The summed E-state index contributed by atoms with van der Waals surface area (Å²) in [6, 6.07) is 14.8. The number of para-hydroxylation sites is 1. The predicted octanol–water partition coefficient (Wildman–Crippen LogP) is 4.37. The molecule has 112 valence electrons. The highest BCUT2D eigenvalue weighted by Gasteiger charge is 2.15. The standard InChI is InChI=1S/C17H14Cl2N2O/c1-11-13(10-14-15(18)8-5-9-16(14)19)17(22)21(20-11)12-6-3-2-4-7-12/h2-9,20H,10H2,1H3. The van der Waals surface area contributed by atoms with Crippen molar-refractivity contribution in [3.63, 3.8) is 0 Å². The summed E-state index contributed by atoms with van der Waals surface area (Å²) >= 11 is 12.4. The molecule has 5 heteroatoms. The van der Waals surface area contributed by atoms with Gasteiger partial charge < -0.3 is 0 Å². The highest BCUT2D eigenvalue weighted by Crippen LogP contribution is 2.26. The maximum Gasteiger partial charge on any atom is 0.274 e. The number of aromatic amines is 1. The summed E-state index contributed by atoms with van der Waals surface area (Å²) in [5.41, 5.74) is 2.96. The number of aryl methyl sites for hydroxylation is 1. The zero-order chi connectivity index (χ0) is 15.7. The first-order valence-corrected chi connectivity index (χ1v) is 7.62. The molecule has 0 saturated heterocycles. The van der Waals surface area contributed by atoms with Gasteiger partial charge in [-0.15, -0.1) is 0 Å². The molecule has 22 heavy (non-hydrogen) atoms. The molecular formula is C17H14Cl2N2O. The van der Waals surface area contributed by atoms with Crippen molar-refractivity contribution in [1.82, 2.24) is 9.78 Å². The summed E-state index contributed by atoms with van der Waals surface area (Å²) < 4.78 is 1.54. The summed E-state index contributed by atoms with van der Waals surface area (Å²) in [6.07, 6.45) is 0.402. The quantitative estimate of drug-likeness (QED) is 0.759. The molecule has 0 aliphatic rings. The molecule has 0 radical (unpaired) electrons. The maximum absolute atomic E-state index is 12.7. The van der Waals surface area contributed by atoms with E-state index in [4.69, 9.17) is 23.2 Å². The van der Waals surface area contributed by atoms with Gasteiger partial charge in [-0.1, -0.05) is 47.5 Å². The van der Waals surface area contributed by atoms with Crippen molar-refractivity contribution >= 4 is 23.2 Å². The molecule has 3 nitrogen and oxygen atoms in total. The van der Waals surface area contributed by atoms with E-state index < -0.39 is 0 Å². The highest BCUT2D eigenvalue weighted by molar-refractivity contribution is 6.36. The number of nitrogens with one attached hydrogen (secondary N) is 1. The van der Waals surface area contributed by atoms with Crippen molar-refractivity contribution in [3.05, 3.63) is 85.8 Å². The van der Waals surface area contributed by atoms with Crippen LogP contribution in [0.1, 0.15) is 16.8 Å². The average Bonchev–Trinajstić information content (AvgIpc) is 2.79. The first kappa shape index (κ1) is 14.9. The van der Waals surface area contributed by atoms with Crippen molar-refractivity contribution in [2.24, 2.45) is 0 Å². The number of rotatable bonds is 3. The lowest BCUT2D eigenvalue weighted by Gasteiger charge is -2.05. The van der Waals surface area contributed by atoms with E-state index in [1.807, 2.05) is 37.3 Å². The fourth-order valence-corrected chi connectivity index (χ4v) is 2.96. The van der Waals surface area contributed by atoms with Crippen LogP contribution in [0.4, 0.5) is 0 Å². The Kier molecular flexibility index (Phi) is 4.10. The summed E-state index contributed by atoms with van der Waals surface area (Å²) in [4.78, 5) is 12.7. The van der Waals surface area contributed by atoms with Crippen molar-refractivity contribution in [3.8, 4) is 5.69 Å². The van der Waals surface area contributed by atoms with Crippen LogP contribution in [0.15, 0.2) is 53.3 Å². The van der Waals surface area contributed by atoms with E-state index in [0.717, 1.165) is 16.9 Å². The molecule has 0 unspecified atom stereocenters. The van der Waals surface area contributed by atoms with Gasteiger partial charge in [0.15, 0.2) is 0 Å². The Morgan fingerprint density at radius 1 is 0.955 bits per heavy atom. The Labute approximate surface area is 138 Å². The molecule has 1 N–H and O–H groups in total. The second kappa shape index (κ2) is 6.03. The average molecular weight is 333 g/mol. The van der Waals surface area contributed by atoms with Gasteiger partial charge in [-0.05, 0) is 36.8 Å². The van der Waals surface area contributed by atoms with E-state index in [1.165, 1.54) is 4.68 Å². The van der Waals surface area contributed by atoms with Gasteiger partial charge in [0.2, 0.25) is 0 Å². The van der Waals surface area contributed by atoms with Gasteiger partial charge in [-0.2, -0.15) is 0 Å². The molecular weight excluding hydrogens is 319 g/mol. The molecule has 0 bridgehead atoms. The number of H-pyrrole nitrogens is 1. The second-order valence-electron chi connectivity index (χ2n) is 5.07. The van der Waals surface area contributed by atoms with Crippen molar-refractivity contribution in [1.29, 1.82) is 0 Å². The Bertz CT molecular complexity index is 846. The molecule has 3 rings (SSSR count). The maximum atomic E-state index is 12.7. The van der Waals surface area contributed by atoms with Crippen LogP contribution >= 0.6 is 23.2 Å². The SMILES string of the molecule is Cc1[nH]n(-c2ccccc2)c(=O)c1Cc1c(Cl)cccc1Cl. The van der Waals surface area contributed by atoms with E-state index in [2.05, 4.69) is 5.10 Å². The highest BCUT2D eigenvalue weighted by atomic mass is 35.5. The number of halogens is 2. The Morgan fingerprint density at radius 2 is 1.59 bits per heavy atom. The number of benzene rings is 2. The van der Waals surface area contributed by atoms with Gasteiger partial charge in [-0.3, -0.25) is 9.89 Å². The second-order valence-corrected chi connectivity index (χ2v) is 5.88. The molecule has 0 amide bonds. The third-order valence-electron chi connectivity index (χ3n) is 3.62. The van der Waals surface area contributed by atoms with Crippen LogP contribution in [0.3, 0.4) is 0 Å². The minimum absolute atomic E-state index is 0.0836. The van der Waals surface area contributed by atoms with Crippen LogP contribution in [0.25, 0.3) is 5.69 Å². The lowest BCUT2D eigenvalue weighted by Crippen LogP contribution is -2.17. The van der Waals surface area contributed by atoms with Crippen LogP contribution in [0, 0.1) is 6.92 Å². The fraction of sp³-hybridized carbons (Fsp3) is 0.118. The van der Waals surface area contributed by atoms with Crippen LogP contribution in [0.2, 0.25) is 10.0 Å². The fourth-order valence-electron chi connectivity index (χ4n) is 2.43. The molecule has 1 heterocycles. The first-order valence-electron chi connectivity index (χ1n) is 6.86. The van der Waals surface area contributed by atoms with E-state index in [0.29, 0.717) is 22.0 Å². The van der Waals surface area contributed by atoms with Crippen molar-refractivity contribution in [2.45, 2.75) is 13.3 Å². The van der Waals surface area contributed by atoms with E-state index >= 15 is 0 Å². The molecule has 0 atom stereocenters. The van der Waals surface area contributed by atoms with Gasteiger partial charge in [0.05, 0.1) is 5.69 Å². The molecule has 3 aromatic rings. The number of aromatic nitrogens is 2. The molecule has 2 aromatic carbocycles. The Balaban J connectivity index is 2.07. The smallest absolute Gasteiger partial charge is 0.274 e. The molecule has 0 spiro atoms. The van der Waals surface area contributed by atoms with Crippen molar-refractivity contribution < 1.29 is 0 Å². The van der Waals surface area contributed by atoms with Gasteiger partial charge in [0.25, 0.3) is 5.56 Å². The largest absolute Gasteiger partial charge is 0.295 e. The van der Waals surface area contributed by atoms with E-state index in [-0.39, 0.29) is 5.56 Å². The lowest BCUT2D eigenvalue weighted by molar-refractivity contribution is 0.834. The van der Waals surface area contributed by atoms with Crippen LogP contribution < -0.4 is 5.56 Å². The summed E-state index contributed by atoms with van der Waals surface area (Å²) in [6.45, 7) is 1.88. The number of nitrogens with zero attached hydrogens (tertiary/aromatic N) is 1. The van der Waals surface area contributed by atoms with Gasteiger partial charge in [0, 0.05) is 27.7 Å². The predicted molar refractivity (Wildman–Crippen MR) is 90.4 cm³/mol. The molecule has 1 aromatic heterocycles. The van der Waals surface area contributed by atoms with Gasteiger partial charge >= 0.3 is 0 Å². The summed E-state index contributed by atoms with van der Waals surface area (Å²) in [5, 5.41) is 4.24. The zero-order valence-corrected chi connectivity index (χ0v) is 13.4. The molecule has 0 fully saturated rings. The van der Waals surface area contributed by atoms with Crippen LogP contribution in [0.5, 0.6) is 0 Å². The van der Waals surface area contributed by atoms with Crippen molar-refractivity contribution in [2.75, 3.05) is 0 Å². The third kappa shape index (κ3) is 2.70. The topological polar surface area (TPSA) is 37.8 Å². The van der Waals surface area contributed by atoms with Gasteiger partial charge in [-0.25, -0.2) is 4.68 Å². The summed E-state index contributed by atoms with van der Waals surface area (Å²) in [7, 11) is 0. The Hall–Kier alpha value is -1.97. The molecule has 0 saturated carbocycles. The monoisotopic (exact) mass is 332 g/mol. The molecule has 0 aliphatic heterocycles. The summed E-state index contributed by atoms with van der Waals surface area (Å²) in [5.74, 6) is 0. The molecule has 0 aliphatic carbocycles. The minimum Gasteiger partial charge on any atom is -0.295 e. The minimum atomic E-state index is -0.0836. The van der Waals surface area contributed by atoms with Gasteiger partial charge in [0.1, 0.15) is 0 Å². The van der Waals surface area contributed by atoms with Crippen LogP contribution in [-0.2, 0) is 6.42 Å². The zero-order valence-electron chi connectivity index (χ0n) is 11.9. The number of hydrogen-bond donors (Lipinski definition) is 1. The van der Waals surface area contributed by atoms with E-state index in [9.17, 15) is 4.79 Å². The third-order valence-corrected chi connectivity index (χ3v) is 4.33. The lowest BCUT2D eigenvalue weighted by atomic mass is 10.1. The Morgan fingerprint density at radius 3 is 2.23 bits per heavy atom.